The fourth-order valence-corrected chi connectivity index (χ4v) is 1.26. The molecule has 1 aromatic rings. The van der Waals surface area contributed by atoms with Crippen molar-refractivity contribution in [3.63, 3.8) is 0 Å². The third-order valence-electron chi connectivity index (χ3n) is 1.45. The lowest BCUT2D eigenvalue weighted by Gasteiger charge is -2.05. The predicted octanol–water partition coefficient (Wildman–Crippen LogP) is 0.711. The summed E-state index contributed by atoms with van der Waals surface area (Å²) in [4.78, 5) is 11.0. The Morgan fingerprint density at radius 1 is 1.54 bits per heavy atom. The third-order valence-corrected chi connectivity index (χ3v) is 2.09. The van der Waals surface area contributed by atoms with Gasteiger partial charge in [0.25, 0.3) is 0 Å². The van der Waals surface area contributed by atoms with Crippen LogP contribution in [0.5, 0.6) is 0 Å². The highest BCUT2D eigenvalue weighted by Gasteiger charge is 2.04. The zero-order chi connectivity index (χ0) is 9.84. The second-order valence-electron chi connectivity index (χ2n) is 2.25. The summed E-state index contributed by atoms with van der Waals surface area (Å²) in [5, 5.41) is 0. The first kappa shape index (κ1) is 9.88. The summed E-state index contributed by atoms with van der Waals surface area (Å²) in [5.74, 6) is -0.549. The summed E-state index contributed by atoms with van der Waals surface area (Å²) >= 11 is -2.32. The maximum absolute atomic E-state index is 11.0. The highest BCUT2D eigenvalue weighted by Crippen LogP contribution is 2.08. The fraction of sp³-hybridized carbons (Fsp3) is 0.125. The van der Waals surface area contributed by atoms with Gasteiger partial charge in [-0.2, -0.15) is 0 Å². The van der Waals surface area contributed by atoms with Crippen molar-refractivity contribution in [3.8, 4) is 0 Å². The first-order chi connectivity index (χ1) is 6.15. The molecule has 0 heterocycles. The molecule has 0 bridgehead atoms. The Balaban J connectivity index is 3.05. The molecular formula is C8H7O4S-. The Morgan fingerprint density at radius 3 is 2.77 bits per heavy atom. The van der Waals surface area contributed by atoms with Crippen LogP contribution >= 0.6 is 0 Å². The molecule has 0 saturated heterocycles. The molecule has 0 amide bonds. The van der Waals surface area contributed by atoms with Gasteiger partial charge < -0.3 is 9.29 Å². The van der Waals surface area contributed by atoms with E-state index in [4.69, 9.17) is 0 Å². The molecule has 1 aromatic carbocycles. The van der Waals surface area contributed by atoms with Crippen molar-refractivity contribution < 1.29 is 18.3 Å². The second-order valence-corrected chi connectivity index (χ2v) is 3.19. The number of ether oxygens (including phenoxy) is 1. The van der Waals surface area contributed by atoms with Crippen LogP contribution in [0.15, 0.2) is 29.2 Å². The van der Waals surface area contributed by atoms with Crippen molar-refractivity contribution in [3.05, 3.63) is 29.8 Å². The number of esters is 1. The lowest BCUT2D eigenvalue weighted by atomic mass is 10.2. The normalized spacial score (nSPS) is 12.2. The van der Waals surface area contributed by atoms with Gasteiger partial charge in [0.2, 0.25) is 0 Å². The average Bonchev–Trinajstić information content (AvgIpc) is 2.17. The van der Waals surface area contributed by atoms with Crippen LogP contribution in [0.3, 0.4) is 0 Å². The molecule has 0 N–H and O–H groups in total. The van der Waals surface area contributed by atoms with E-state index in [1.807, 2.05) is 0 Å². The van der Waals surface area contributed by atoms with Crippen LogP contribution in [0.1, 0.15) is 10.4 Å². The number of carbonyl (C=O) groups excluding carboxylic acids is 1. The summed E-state index contributed by atoms with van der Waals surface area (Å²) in [7, 11) is 1.24. The molecule has 4 nitrogen and oxygen atoms in total. The molecule has 1 atom stereocenters. The van der Waals surface area contributed by atoms with Crippen molar-refractivity contribution in [2.24, 2.45) is 0 Å². The van der Waals surface area contributed by atoms with Gasteiger partial charge in [0.1, 0.15) is 0 Å². The lowest BCUT2D eigenvalue weighted by Crippen LogP contribution is -2.02. The van der Waals surface area contributed by atoms with Crippen molar-refractivity contribution in [2.75, 3.05) is 7.11 Å². The zero-order valence-corrected chi connectivity index (χ0v) is 7.67. The quantitative estimate of drug-likeness (QED) is 0.519. The van der Waals surface area contributed by atoms with E-state index in [1.54, 1.807) is 0 Å². The van der Waals surface area contributed by atoms with Crippen LogP contribution in [0.2, 0.25) is 0 Å². The van der Waals surface area contributed by atoms with Crippen LogP contribution in [-0.2, 0) is 15.8 Å². The first-order valence-corrected chi connectivity index (χ1v) is 4.50. The van der Waals surface area contributed by atoms with Crippen LogP contribution < -0.4 is 0 Å². The predicted molar refractivity (Wildman–Crippen MR) is 45.0 cm³/mol. The van der Waals surface area contributed by atoms with Gasteiger partial charge in [-0.05, 0) is 29.3 Å². The van der Waals surface area contributed by atoms with Crippen LogP contribution in [0.25, 0.3) is 0 Å². The SMILES string of the molecule is COC(=O)c1cccc(S(=O)[O-])c1. The molecule has 70 valence electrons. The molecule has 5 heteroatoms. The number of hydrogen-bond acceptors (Lipinski definition) is 4. The maximum Gasteiger partial charge on any atom is 0.337 e. The Morgan fingerprint density at radius 2 is 2.23 bits per heavy atom. The molecule has 0 aromatic heterocycles. The van der Waals surface area contributed by atoms with Gasteiger partial charge in [-0.25, -0.2) is 4.79 Å². The molecule has 0 fully saturated rings. The number of methoxy groups -OCH3 is 1. The highest BCUT2D eigenvalue weighted by atomic mass is 32.2. The summed E-state index contributed by atoms with van der Waals surface area (Å²) in [6.45, 7) is 0. The molecule has 0 aliphatic rings. The number of carbonyl (C=O) groups is 1. The first-order valence-electron chi connectivity index (χ1n) is 3.43. The van der Waals surface area contributed by atoms with E-state index in [9.17, 15) is 13.6 Å². The smallest absolute Gasteiger partial charge is 0.337 e. The minimum Gasteiger partial charge on any atom is -0.768 e. The van der Waals surface area contributed by atoms with E-state index in [0.29, 0.717) is 0 Å². The highest BCUT2D eigenvalue weighted by molar-refractivity contribution is 7.79. The van der Waals surface area contributed by atoms with Crippen molar-refractivity contribution in [2.45, 2.75) is 4.90 Å². The van der Waals surface area contributed by atoms with Gasteiger partial charge in [-0.1, -0.05) is 6.07 Å². The van der Waals surface area contributed by atoms with E-state index in [0.717, 1.165) is 0 Å². The van der Waals surface area contributed by atoms with E-state index >= 15 is 0 Å². The molecule has 0 saturated carbocycles. The van der Waals surface area contributed by atoms with Gasteiger partial charge >= 0.3 is 5.97 Å². The number of rotatable bonds is 2. The molecule has 0 aliphatic carbocycles. The van der Waals surface area contributed by atoms with Gasteiger partial charge in [-0.15, -0.1) is 0 Å². The zero-order valence-electron chi connectivity index (χ0n) is 6.85. The summed E-state index contributed by atoms with van der Waals surface area (Å²) in [6, 6.07) is 5.63. The monoisotopic (exact) mass is 199 g/mol. The van der Waals surface area contributed by atoms with Gasteiger partial charge in [-0.3, -0.25) is 4.21 Å². The van der Waals surface area contributed by atoms with Crippen molar-refractivity contribution in [1.29, 1.82) is 0 Å². The molecular weight excluding hydrogens is 192 g/mol. The molecule has 13 heavy (non-hydrogen) atoms. The standard InChI is InChI=1S/C8H8O4S/c1-12-8(9)6-3-2-4-7(5-6)13(10)11/h2-5H,1H3,(H,10,11)/p-1. The minimum atomic E-state index is -2.32. The van der Waals surface area contributed by atoms with Crippen LogP contribution in [0.4, 0.5) is 0 Å². The third kappa shape index (κ3) is 2.37. The average molecular weight is 199 g/mol. The second kappa shape index (κ2) is 4.15. The largest absolute Gasteiger partial charge is 0.768 e. The Hall–Kier alpha value is -1.20. The van der Waals surface area contributed by atoms with Gasteiger partial charge in [0.15, 0.2) is 0 Å². The molecule has 1 rings (SSSR count). The Bertz CT molecular complexity index is 348. The van der Waals surface area contributed by atoms with Gasteiger partial charge in [0.05, 0.1) is 12.7 Å². The lowest BCUT2D eigenvalue weighted by molar-refractivity contribution is 0.0600. The van der Waals surface area contributed by atoms with Crippen LogP contribution in [-0.4, -0.2) is 21.8 Å². The minimum absolute atomic E-state index is 0.0721. The van der Waals surface area contributed by atoms with Crippen molar-refractivity contribution >= 4 is 17.0 Å². The van der Waals surface area contributed by atoms with E-state index < -0.39 is 17.0 Å². The molecule has 0 aliphatic heterocycles. The van der Waals surface area contributed by atoms with Crippen LogP contribution in [0, 0.1) is 0 Å². The van der Waals surface area contributed by atoms with E-state index in [2.05, 4.69) is 4.74 Å². The fourth-order valence-electron chi connectivity index (χ4n) is 0.845. The summed E-state index contributed by atoms with van der Waals surface area (Å²) in [5.41, 5.74) is 0.226. The molecule has 0 radical (unpaired) electrons. The Labute approximate surface area is 77.8 Å². The van der Waals surface area contributed by atoms with E-state index in [-0.39, 0.29) is 10.5 Å². The number of benzene rings is 1. The summed E-state index contributed by atoms with van der Waals surface area (Å²) in [6.07, 6.45) is 0. The topological polar surface area (TPSA) is 66.4 Å². The molecule has 1 unspecified atom stereocenters. The van der Waals surface area contributed by atoms with Crippen molar-refractivity contribution in [1.82, 2.24) is 0 Å². The maximum atomic E-state index is 11.0. The Kier molecular flexibility index (Phi) is 3.16. The summed E-state index contributed by atoms with van der Waals surface area (Å²) < 4.78 is 25.5. The molecule has 0 spiro atoms. The number of hydrogen-bond donors (Lipinski definition) is 0. The van der Waals surface area contributed by atoms with E-state index in [1.165, 1.54) is 31.4 Å². The van der Waals surface area contributed by atoms with Gasteiger partial charge in [0, 0.05) is 4.90 Å².